The number of aromatic nitrogens is 4. The van der Waals surface area contributed by atoms with Gasteiger partial charge in [0.05, 0.1) is 40.2 Å². The lowest BCUT2D eigenvalue weighted by molar-refractivity contribution is 0.659. The van der Waals surface area contributed by atoms with E-state index in [4.69, 9.17) is 58.6 Å². The molecule has 0 saturated carbocycles. The molecule has 0 atom stereocenters. The average molecular weight is 568 g/mol. The minimum absolute atomic E-state index is 0.416. The van der Waals surface area contributed by atoms with E-state index in [1.54, 1.807) is 12.1 Å². The molecule has 0 amide bonds. The van der Waals surface area contributed by atoms with E-state index in [9.17, 15) is 0 Å². The maximum Gasteiger partial charge on any atom is 0.176 e. The lowest BCUT2D eigenvalue weighted by Crippen LogP contribution is -2.20. The first kappa shape index (κ1) is 25.8. The summed E-state index contributed by atoms with van der Waals surface area (Å²) >= 11 is 30.1. The van der Waals surface area contributed by atoms with Crippen LogP contribution in [0.4, 0.5) is 11.5 Å². The van der Waals surface area contributed by atoms with Crippen LogP contribution in [-0.2, 0) is 13.1 Å². The molecule has 4 aromatic rings. The first-order valence-corrected chi connectivity index (χ1v) is 12.6. The first-order chi connectivity index (χ1) is 16.6. The molecule has 0 aliphatic carbocycles. The number of anilines is 2. The SMILES string of the molecule is Cc1nn(Cc2ccc(Cl)c(Cl)c2)c(C)c1NC(=S)Nc1cc(C)n(Cc2ccc(Cl)cc2Cl)n1. The zero-order valence-electron chi connectivity index (χ0n) is 19.2. The summed E-state index contributed by atoms with van der Waals surface area (Å²) in [6.45, 7) is 6.96. The maximum atomic E-state index is 6.32. The fourth-order valence-electron chi connectivity index (χ4n) is 3.65. The van der Waals surface area contributed by atoms with Crippen LogP contribution in [0.5, 0.6) is 0 Å². The van der Waals surface area contributed by atoms with E-state index in [2.05, 4.69) is 20.8 Å². The van der Waals surface area contributed by atoms with Gasteiger partial charge in [0.15, 0.2) is 10.9 Å². The fraction of sp³-hybridized carbons (Fsp3) is 0.208. The predicted octanol–water partition coefficient (Wildman–Crippen LogP) is 7.52. The van der Waals surface area contributed by atoms with Gasteiger partial charge in [-0.2, -0.15) is 10.2 Å². The number of halogens is 4. The van der Waals surface area contributed by atoms with Gasteiger partial charge in [-0.05, 0) is 68.4 Å². The van der Waals surface area contributed by atoms with Crippen molar-refractivity contribution in [3.63, 3.8) is 0 Å². The van der Waals surface area contributed by atoms with Crippen LogP contribution in [-0.4, -0.2) is 24.7 Å². The lowest BCUT2D eigenvalue weighted by atomic mass is 10.2. The highest BCUT2D eigenvalue weighted by Gasteiger charge is 2.15. The summed E-state index contributed by atoms with van der Waals surface area (Å²) in [5.74, 6) is 0.628. The van der Waals surface area contributed by atoms with Gasteiger partial charge in [-0.15, -0.1) is 0 Å². The molecule has 0 saturated heterocycles. The van der Waals surface area contributed by atoms with E-state index in [1.807, 2.05) is 60.5 Å². The van der Waals surface area contributed by atoms with Crippen LogP contribution in [0.2, 0.25) is 20.1 Å². The van der Waals surface area contributed by atoms with Gasteiger partial charge >= 0.3 is 0 Å². The lowest BCUT2D eigenvalue weighted by Gasteiger charge is -2.10. The van der Waals surface area contributed by atoms with Gasteiger partial charge in [0, 0.05) is 21.8 Å². The zero-order chi connectivity index (χ0) is 25.3. The third-order valence-electron chi connectivity index (χ3n) is 5.49. The van der Waals surface area contributed by atoms with Crippen molar-refractivity contribution in [1.29, 1.82) is 0 Å². The molecular formula is C24H22Cl4N6S. The second kappa shape index (κ2) is 10.8. The van der Waals surface area contributed by atoms with E-state index < -0.39 is 0 Å². The molecule has 2 aromatic carbocycles. The van der Waals surface area contributed by atoms with E-state index in [-0.39, 0.29) is 0 Å². The quantitative estimate of drug-likeness (QED) is 0.236. The van der Waals surface area contributed by atoms with E-state index in [1.165, 1.54) is 0 Å². The number of nitrogens with zero attached hydrogens (tertiary/aromatic N) is 4. The van der Waals surface area contributed by atoms with Crippen molar-refractivity contribution < 1.29 is 0 Å². The summed E-state index contributed by atoms with van der Waals surface area (Å²) in [5.41, 5.74) is 5.49. The molecular weight excluding hydrogens is 546 g/mol. The number of hydrogen-bond acceptors (Lipinski definition) is 3. The topological polar surface area (TPSA) is 59.7 Å². The summed E-state index contributed by atoms with van der Waals surface area (Å²) in [5, 5.41) is 18.3. The van der Waals surface area contributed by atoms with Crippen LogP contribution in [0.1, 0.15) is 28.2 Å². The molecule has 35 heavy (non-hydrogen) atoms. The molecule has 0 spiro atoms. The molecule has 6 nitrogen and oxygen atoms in total. The number of benzene rings is 2. The molecule has 0 aliphatic heterocycles. The Hall–Kier alpha value is -2.29. The molecule has 11 heteroatoms. The first-order valence-electron chi connectivity index (χ1n) is 10.6. The van der Waals surface area contributed by atoms with E-state index in [0.717, 1.165) is 33.9 Å². The zero-order valence-corrected chi connectivity index (χ0v) is 23.0. The van der Waals surface area contributed by atoms with Crippen molar-refractivity contribution in [3.8, 4) is 0 Å². The van der Waals surface area contributed by atoms with Crippen molar-refractivity contribution in [2.75, 3.05) is 10.6 Å². The summed E-state index contributed by atoms with van der Waals surface area (Å²) in [6.07, 6.45) is 0. The predicted molar refractivity (Wildman–Crippen MR) is 150 cm³/mol. The summed E-state index contributed by atoms with van der Waals surface area (Å²) in [7, 11) is 0. The highest BCUT2D eigenvalue weighted by atomic mass is 35.5. The standard InChI is InChI=1S/C24H22Cl4N6S/c1-13-8-22(32-33(13)12-17-5-6-18(25)10-20(17)27)29-24(35)30-23-14(2)31-34(15(23)3)11-16-4-7-19(26)21(28)9-16/h4-10H,11-12H2,1-3H3,(H2,29,30,32,35). The van der Waals surface area contributed by atoms with Gasteiger partial charge < -0.3 is 10.6 Å². The van der Waals surface area contributed by atoms with Crippen LogP contribution >= 0.6 is 58.6 Å². The van der Waals surface area contributed by atoms with Crippen molar-refractivity contribution in [2.24, 2.45) is 0 Å². The Kier molecular flexibility index (Phi) is 7.93. The third kappa shape index (κ3) is 6.11. The van der Waals surface area contributed by atoms with Gasteiger partial charge in [-0.25, -0.2) is 0 Å². The van der Waals surface area contributed by atoms with Crippen molar-refractivity contribution >= 4 is 75.2 Å². The number of hydrogen-bond donors (Lipinski definition) is 2. The van der Waals surface area contributed by atoms with E-state index in [0.29, 0.717) is 44.1 Å². The smallest absolute Gasteiger partial charge is 0.176 e. The highest BCUT2D eigenvalue weighted by Crippen LogP contribution is 2.26. The van der Waals surface area contributed by atoms with Crippen LogP contribution < -0.4 is 10.6 Å². The molecule has 0 bridgehead atoms. The Morgan fingerprint density at radius 1 is 0.829 bits per heavy atom. The molecule has 0 unspecified atom stereocenters. The molecule has 4 rings (SSSR count). The summed E-state index contributed by atoms with van der Waals surface area (Å²) in [4.78, 5) is 0. The Bertz CT molecular complexity index is 1410. The molecule has 2 aromatic heterocycles. The molecule has 0 radical (unpaired) electrons. The van der Waals surface area contributed by atoms with Gasteiger partial charge in [-0.3, -0.25) is 9.36 Å². The minimum Gasteiger partial charge on any atom is -0.329 e. The van der Waals surface area contributed by atoms with Gasteiger partial charge in [0.1, 0.15) is 0 Å². The van der Waals surface area contributed by atoms with Crippen LogP contribution in [0, 0.1) is 20.8 Å². The van der Waals surface area contributed by atoms with Crippen LogP contribution in [0.15, 0.2) is 42.5 Å². The molecule has 2 heterocycles. The monoisotopic (exact) mass is 566 g/mol. The van der Waals surface area contributed by atoms with Gasteiger partial charge in [-0.1, -0.05) is 58.5 Å². The molecule has 2 N–H and O–H groups in total. The normalized spacial score (nSPS) is 11.1. The second-order valence-electron chi connectivity index (χ2n) is 8.10. The number of aryl methyl sites for hydroxylation is 2. The van der Waals surface area contributed by atoms with Crippen LogP contribution in [0.25, 0.3) is 0 Å². The molecule has 0 fully saturated rings. The Morgan fingerprint density at radius 3 is 2.31 bits per heavy atom. The van der Waals surface area contributed by atoms with Gasteiger partial charge in [0.25, 0.3) is 0 Å². The Morgan fingerprint density at radius 2 is 1.60 bits per heavy atom. The van der Waals surface area contributed by atoms with Crippen molar-refractivity contribution in [3.05, 3.63) is 90.8 Å². The third-order valence-corrected chi connectivity index (χ3v) is 7.02. The summed E-state index contributed by atoms with van der Waals surface area (Å²) in [6, 6.07) is 12.9. The fourth-order valence-corrected chi connectivity index (χ4v) is 4.64. The largest absolute Gasteiger partial charge is 0.329 e. The van der Waals surface area contributed by atoms with Crippen LogP contribution in [0.3, 0.4) is 0 Å². The van der Waals surface area contributed by atoms with Crippen molar-refractivity contribution in [1.82, 2.24) is 19.6 Å². The Labute approximate surface area is 229 Å². The number of thiocarbonyl (C=S) groups is 1. The Balaban J connectivity index is 1.44. The van der Waals surface area contributed by atoms with Crippen molar-refractivity contribution in [2.45, 2.75) is 33.9 Å². The summed E-state index contributed by atoms with van der Waals surface area (Å²) < 4.78 is 3.75. The number of rotatable bonds is 6. The second-order valence-corrected chi connectivity index (χ2v) is 10.2. The average Bonchev–Trinajstić information content (AvgIpc) is 3.25. The number of nitrogens with one attached hydrogen (secondary N) is 2. The highest BCUT2D eigenvalue weighted by molar-refractivity contribution is 7.80. The van der Waals surface area contributed by atoms with E-state index >= 15 is 0 Å². The molecule has 0 aliphatic rings. The molecule has 182 valence electrons. The minimum atomic E-state index is 0.416. The van der Waals surface area contributed by atoms with Gasteiger partial charge in [0.2, 0.25) is 0 Å². The maximum absolute atomic E-state index is 6.32.